The zero-order valence-corrected chi connectivity index (χ0v) is 13.2. The molecule has 0 bridgehead atoms. The molecule has 0 spiro atoms. The van der Waals surface area contributed by atoms with Gasteiger partial charge in [-0.1, -0.05) is 45.4 Å². The Morgan fingerprint density at radius 2 is 1.91 bits per heavy atom. The van der Waals surface area contributed by atoms with Gasteiger partial charge < -0.3 is 4.84 Å². The smallest absolute Gasteiger partial charge is 0.312 e. The summed E-state index contributed by atoms with van der Waals surface area (Å²) in [7, 11) is 0. The zero-order chi connectivity index (χ0) is 16.4. The van der Waals surface area contributed by atoms with Crippen LogP contribution in [0.15, 0.2) is 63.7 Å². The number of carbonyl (C=O) groups excluding carboxylic acids is 1. The fourth-order valence-electron chi connectivity index (χ4n) is 2.12. The number of nitrogens with zero attached hydrogens (tertiary/aromatic N) is 2. The highest BCUT2D eigenvalue weighted by Gasteiger charge is 2.26. The van der Waals surface area contributed by atoms with E-state index in [1.807, 2.05) is 12.1 Å². The molecule has 23 heavy (non-hydrogen) atoms. The Kier molecular flexibility index (Phi) is 4.03. The van der Waals surface area contributed by atoms with Gasteiger partial charge in [0.05, 0.1) is 10.5 Å². The first-order valence-corrected chi connectivity index (χ1v) is 7.36. The molecule has 0 saturated heterocycles. The molecule has 1 aliphatic heterocycles. The van der Waals surface area contributed by atoms with E-state index >= 15 is 0 Å². The molecule has 3 rings (SSSR count). The van der Waals surface area contributed by atoms with Crippen LogP contribution in [0.1, 0.15) is 11.1 Å². The molecule has 0 amide bonds. The maximum atomic E-state index is 11.9. The molecule has 114 valence electrons. The highest BCUT2D eigenvalue weighted by molar-refractivity contribution is 9.10. The third-order valence-electron chi connectivity index (χ3n) is 3.20. The summed E-state index contributed by atoms with van der Waals surface area (Å²) in [6, 6.07) is 13.2. The number of oxime groups is 1. The molecule has 2 aromatic rings. The fraction of sp³-hybridized carbons (Fsp3) is 0. The van der Waals surface area contributed by atoms with Crippen LogP contribution >= 0.6 is 15.9 Å². The zero-order valence-electron chi connectivity index (χ0n) is 11.6. The summed E-state index contributed by atoms with van der Waals surface area (Å²) < 4.78 is 0.899. The minimum atomic E-state index is -0.588. The summed E-state index contributed by atoms with van der Waals surface area (Å²) in [4.78, 5) is 27.0. The number of nitro benzene ring substituents is 1. The van der Waals surface area contributed by atoms with E-state index < -0.39 is 10.9 Å². The minimum absolute atomic E-state index is 0.0483. The summed E-state index contributed by atoms with van der Waals surface area (Å²) in [6.45, 7) is 0. The Hall–Kier alpha value is -2.80. The molecule has 7 heteroatoms. The van der Waals surface area contributed by atoms with Crippen molar-refractivity contribution in [1.82, 2.24) is 0 Å². The summed E-state index contributed by atoms with van der Waals surface area (Å²) in [5, 5.41) is 14.6. The van der Waals surface area contributed by atoms with Crippen LogP contribution in [0.4, 0.5) is 5.69 Å². The SMILES string of the molecule is O=C1ON=C(c2ccc(Br)cc2)/C1=C/c1cccc([N+](=O)[O-])c1. The van der Waals surface area contributed by atoms with Gasteiger partial charge in [0.1, 0.15) is 5.71 Å². The molecular formula is C16H9BrN2O4. The number of nitro groups is 1. The van der Waals surface area contributed by atoms with Gasteiger partial charge in [-0.2, -0.15) is 0 Å². The van der Waals surface area contributed by atoms with E-state index in [4.69, 9.17) is 4.84 Å². The van der Waals surface area contributed by atoms with Gasteiger partial charge in [0, 0.05) is 22.2 Å². The van der Waals surface area contributed by atoms with Gasteiger partial charge in [0.15, 0.2) is 0 Å². The van der Waals surface area contributed by atoms with E-state index in [2.05, 4.69) is 21.1 Å². The number of rotatable bonds is 3. The highest BCUT2D eigenvalue weighted by atomic mass is 79.9. The van der Waals surface area contributed by atoms with Crippen molar-refractivity contribution in [3.8, 4) is 0 Å². The minimum Gasteiger partial charge on any atom is -0.312 e. The maximum absolute atomic E-state index is 11.9. The largest absolute Gasteiger partial charge is 0.368 e. The van der Waals surface area contributed by atoms with Crippen LogP contribution in [0.2, 0.25) is 0 Å². The molecule has 6 nitrogen and oxygen atoms in total. The first-order chi connectivity index (χ1) is 11.0. The average molecular weight is 373 g/mol. The Balaban J connectivity index is 2.01. The monoisotopic (exact) mass is 372 g/mol. The standard InChI is InChI=1S/C16H9BrN2O4/c17-12-6-4-11(5-7-12)15-14(16(20)23-18-15)9-10-2-1-3-13(8-10)19(21)22/h1-9H/b14-9-. The summed E-state index contributed by atoms with van der Waals surface area (Å²) in [5.41, 5.74) is 1.85. The maximum Gasteiger partial charge on any atom is 0.368 e. The highest BCUT2D eigenvalue weighted by Crippen LogP contribution is 2.23. The third-order valence-corrected chi connectivity index (χ3v) is 3.73. The molecule has 1 heterocycles. The van der Waals surface area contributed by atoms with Crippen LogP contribution in [0, 0.1) is 10.1 Å². The van der Waals surface area contributed by atoms with Crippen LogP contribution in [-0.2, 0) is 9.63 Å². The topological polar surface area (TPSA) is 81.8 Å². The second-order valence-corrected chi connectivity index (χ2v) is 5.65. The lowest BCUT2D eigenvalue weighted by atomic mass is 10.0. The average Bonchev–Trinajstić information content (AvgIpc) is 2.89. The van der Waals surface area contributed by atoms with Crippen molar-refractivity contribution in [2.75, 3.05) is 0 Å². The Morgan fingerprint density at radius 1 is 1.17 bits per heavy atom. The predicted octanol–water partition coefficient (Wildman–Crippen LogP) is 3.70. The van der Waals surface area contributed by atoms with Gasteiger partial charge in [-0.25, -0.2) is 4.79 Å². The van der Waals surface area contributed by atoms with Crippen molar-refractivity contribution in [3.05, 3.63) is 79.8 Å². The molecular weight excluding hydrogens is 364 g/mol. The van der Waals surface area contributed by atoms with Crippen LogP contribution in [0.25, 0.3) is 6.08 Å². The number of benzene rings is 2. The van der Waals surface area contributed by atoms with Crippen molar-refractivity contribution >= 4 is 39.4 Å². The van der Waals surface area contributed by atoms with Crippen LogP contribution in [-0.4, -0.2) is 16.6 Å². The predicted molar refractivity (Wildman–Crippen MR) is 87.8 cm³/mol. The lowest BCUT2D eigenvalue weighted by molar-refractivity contribution is -0.384. The van der Waals surface area contributed by atoms with Gasteiger partial charge in [0.2, 0.25) is 0 Å². The lowest BCUT2D eigenvalue weighted by Gasteiger charge is -2.01. The Bertz CT molecular complexity index is 857. The summed E-state index contributed by atoms with van der Waals surface area (Å²) in [6.07, 6.45) is 1.53. The number of hydrogen-bond donors (Lipinski definition) is 0. The van der Waals surface area contributed by atoms with E-state index in [1.54, 1.807) is 24.3 Å². The van der Waals surface area contributed by atoms with Gasteiger partial charge in [-0.15, -0.1) is 0 Å². The van der Waals surface area contributed by atoms with Crippen molar-refractivity contribution < 1.29 is 14.6 Å². The summed E-state index contributed by atoms with van der Waals surface area (Å²) in [5.74, 6) is -0.588. The van der Waals surface area contributed by atoms with Crippen LogP contribution in [0.5, 0.6) is 0 Å². The second kappa shape index (κ2) is 6.13. The quantitative estimate of drug-likeness (QED) is 0.356. The van der Waals surface area contributed by atoms with Crippen LogP contribution in [0.3, 0.4) is 0 Å². The first kappa shape index (κ1) is 15.1. The number of hydrogen-bond acceptors (Lipinski definition) is 5. The molecule has 0 aromatic heterocycles. The van der Waals surface area contributed by atoms with E-state index in [0.717, 1.165) is 10.0 Å². The van der Waals surface area contributed by atoms with E-state index in [0.29, 0.717) is 11.3 Å². The Labute approximate surface area is 139 Å². The molecule has 1 aliphatic rings. The molecule has 2 aromatic carbocycles. The third kappa shape index (κ3) is 3.19. The number of halogens is 1. The molecule has 0 fully saturated rings. The second-order valence-electron chi connectivity index (χ2n) is 4.74. The Morgan fingerprint density at radius 3 is 2.61 bits per heavy atom. The molecule has 0 saturated carbocycles. The van der Waals surface area contributed by atoms with E-state index in [-0.39, 0.29) is 11.3 Å². The fourth-order valence-corrected chi connectivity index (χ4v) is 2.38. The molecule has 0 atom stereocenters. The van der Waals surface area contributed by atoms with Crippen molar-refractivity contribution in [2.45, 2.75) is 0 Å². The molecule has 0 N–H and O–H groups in total. The van der Waals surface area contributed by atoms with Crippen molar-refractivity contribution in [2.24, 2.45) is 5.16 Å². The van der Waals surface area contributed by atoms with E-state index in [1.165, 1.54) is 18.2 Å². The summed E-state index contributed by atoms with van der Waals surface area (Å²) >= 11 is 3.34. The van der Waals surface area contributed by atoms with Crippen molar-refractivity contribution in [1.29, 1.82) is 0 Å². The molecule has 0 radical (unpaired) electrons. The van der Waals surface area contributed by atoms with Gasteiger partial charge in [0.25, 0.3) is 5.69 Å². The number of carbonyl (C=O) groups is 1. The van der Waals surface area contributed by atoms with E-state index in [9.17, 15) is 14.9 Å². The van der Waals surface area contributed by atoms with Crippen molar-refractivity contribution in [3.63, 3.8) is 0 Å². The lowest BCUT2D eigenvalue weighted by Crippen LogP contribution is -2.06. The van der Waals surface area contributed by atoms with Gasteiger partial charge in [-0.05, 0) is 23.8 Å². The van der Waals surface area contributed by atoms with Gasteiger partial charge >= 0.3 is 5.97 Å². The molecule has 0 aliphatic carbocycles. The van der Waals surface area contributed by atoms with Gasteiger partial charge in [-0.3, -0.25) is 10.1 Å². The first-order valence-electron chi connectivity index (χ1n) is 6.56. The normalized spacial score (nSPS) is 15.4. The van der Waals surface area contributed by atoms with Crippen LogP contribution < -0.4 is 0 Å². The molecule has 0 unspecified atom stereocenters. The number of non-ortho nitro benzene ring substituents is 1.